The first-order chi connectivity index (χ1) is 10.2. The summed E-state index contributed by atoms with van der Waals surface area (Å²) in [6.07, 6.45) is 0. The number of rotatable bonds is 6. The monoisotopic (exact) mass is 285 g/mol. The van der Waals surface area contributed by atoms with Crippen molar-refractivity contribution in [2.45, 2.75) is 19.8 Å². The van der Waals surface area contributed by atoms with Gasteiger partial charge < -0.3 is 15.2 Å². The average Bonchev–Trinajstić information content (AvgIpc) is 2.53. The highest BCUT2D eigenvalue weighted by atomic mass is 16.5. The molecule has 0 saturated heterocycles. The average molecular weight is 285 g/mol. The summed E-state index contributed by atoms with van der Waals surface area (Å²) in [6, 6.07) is 14.9. The first kappa shape index (κ1) is 15.2. The largest absolute Gasteiger partial charge is 0.392 e. The molecule has 2 rings (SSSR count). The van der Waals surface area contributed by atoms with Crippen LogP contribution in [0.4, 0.5) is 0 Å². The van der Waals surface area contributed by atoms with Crippen LogP contribution >= 0.6 is 0 Å². The number of benzene rings is 2. The van der Waals surface area contributed by atoms with Crippen molar-refractivity contribution in [3.05, 3.63) is 70.8 Å². The minimum atomic E-state index is -0.123. The molecule has 2 aromatic carbocycles. The molecule has 0 aliphatic rings. The molecule has 1 amide bonds. The van der Waals surface area contributed by atoms with E-state index >= 15 is 0 Å². The van der Waals surface area contributed by atoms with Crippen LogP contribution in [0.25, 0.3) is 0 Å². The van der Waals surface area contributed by atoms with E-state index in [4.69, 9.17) is 9.84 Å². The van der Waals surface area contributed by atoms with Crippen molar-refractivity contribution in [3.8, 4) is 0 Å². The molecule has 0 atom stereocenters. The van der Waals surface area contributed by atoms with Gasteiger partial charge in [0.15, 0.2) is 0 Å². The predicted octanol–water partition coefficient (Wildman–Crippen LogP) is 2.26. The minimum Gasteiger partial charge on any atom is -0.392 e. The Morgan fingerprint density at radius 1 is 1.10 bits per heavy atom. The molecule has 0 saturated carbocycles. The van der Waals surface area contributed by atoms with Gasteiger partial charge in [0.25, 0.3) is 5.91 Å². The number of hydrogen-bond donors (Lipinski definition) is 2. The van der Waals surface area contributed by atoms with Crippen molar-refractivity contribution in [2.24, 2.45) is 0 Å². The molecule has 0 aliphatic carbocycles. The Bertz CT molecular complexity index is 610. The molecule has 21 heavy (non-hydrogen) atoms. The van der Waals surface area contributed by atoms with Gasteiger partial charge in [-0.2, -0.15) is 0 Å². The molecule has 0 bridgehead atoms. The lowest BCUT2D eigenvalue weighted by Gasteiger charge is -2.08. The summed E-state index contributed by atoms with van der Waals surface area (Å²) in [5.74, 6) is -0.123. The summed E-state index contributed by atoms with van der Waals surface area (Å²) < 4.78 is 5.06. The van der Waals surface area contributed by atoms with Crippen LogP contribution in [0, 0.1) is 0 Å². The predicted molar refractivity (Wildman–Crippen MR) is 80.7 cm³/mol. The van der Waals surface area contributed by atoms with Crippen LogP contribution < -0.4 is 5.32 Å². The second-order valence-corrected chi connectivity index (χ2v) is 4.79. The zero-order valence-corrected chi connectivity index (χ0v) is 12.0. The molecule has 0 spiro atoms. The van der Waals surface area contributed by atoms with Crippen LogP contribution in [0.15, 0.2) is 48.5 Å². The summed E-state index contributed by atoms with van der Waals surface area (Å²) in [4.78, 5) is 12.1. The van der Waals surface area contributed by atoms with Crippen molar-refractivity contribution in [2.75, 3.05) is 7.11 Å². The highest BCUT2D eigenvalue weighted by molar-refractivity contribution is 5.94. The van der Waals surface area contributed by atoms with E-state index in [1.54, 1.807) is 13.2 Å². The molecule has 0 unspecified atom stereocenters. The van der Waals surface area contributed by atoms with E-state index in [0.29, 0.717) is 18.7 Å². The van der Waals surface area contributed by atoms with E-state index in [-0.39, 0.29) is 12.5 Å². The van der Waals surface area contributed by atoms with Gasteiger partial charge in [-0.15, -0.1) is 0 Å². The van der Waals surface area contributed by atoms with Crippen LogP contribution in [0.5, 0.6) is 0 Å². The summed E-state index contributed by atoms with van der Waals surface area (Å²) in [5, 5.41) is 12.0. The van der Waals surface area contributed by atoms with E-state index in [9.17, 15) is 4.79 Å². The van der Waals surface area contributed by atoms with Crippen LogP contribution in [0.3, 0.4) is 0 Å². The lowest BCUT2D eigenvalue weighted by Crippen LogP contribution is -2.22. The molecule has 0 heterocycles. The third-order valence-electron chi connectivity index (χ3n) is 3.13. The maximum Gasteiger partial charge on any atom is 0.251 e. The van der Waals surface area contributed by atoms with Gasteiger partial charge in [0.05, 0.1) is 13.2 Å². The van der Waals surface area contributed by atoms with Gasteiger partial charge >= 0.3 is 0 Å². The van der Waals surface area contributed by atoms with E-state index < -0.39 is 0 Å². The second-order valence-electron chi connectivity index (χ2n) is 4.79. The minimum absolute atomic E-state index is 0.000843. The number of methoxy groups -OCH3 is 1. The molecule has 110 valence electrons. The third-order valence-corrected chi connectivity index (χ3v) is 3.13. The molecular formula is C17H19NO3. The summed E-state index contributed by atoms with van der Waals surface area (Å²) in [7, 11) is 1.63. The Hall–Kier alpha value is -2.17. The van der Waals surface area contributed by atoms with Crippen molar-refractivity contribution >= 4 is 5.91 Å². The highest BCUT2D eigenvalue weighted by Crippen LogP contribution is 2.08. The summed E-state index contributed by atoms with van der Waals surface area (Å²) >= 11 is 0. The molecule has 0 radical (unpaired) electrons. The number of carbonyl (C=O) groups excluding carboxylic acids is 1. The normalized spacial score (nSPS) is 10.4. The number of nitrogens with one attached hydrogen (secondary N) is 1. The molecular weight excluding hydrogens is 266 g/mol. The van der Waals surface area contributed by atoms with Crippen LogP contribution in [-0.2, 0) is 24.5 Å². The van der Waals surface area contributed by atoms with Gasteiger partial charge in [0.1, 0.15) is 0 Å². The topological polar surface area (TPSA) is 58.6 Å². The number of aliphatic hydroxyl groups excluding tert-OH is 1. The highest BCUT2D eigenvalue weighted by Gasteiger charge is 2.06. The van der Waals surface area contributed by atoms with Gasteiger partial charge in [-0.05, 0) is 28.8 Å². The van der Waals surface area contributed by atoms with Crippen molar-refractivity contribution in [1.29, 1.82) is 0 Å². The number of hydrogen-bond acceptors (Lipinski definition) is 3. The van der Waals surface area contributed by atoms with Gasteiger partial charge in [-0.1, -0.05) is 36.4 Å². The Labute approximate surface area is 124 Å². The lowest BCUT2D eigenvalue weighted by molar-refractivity contribution is 0.0950. The third kappa shape index (κ3) is 4.41. The number of carbonyl (C=O) groups is 1. The fraction of sp³-hybridized carbons (Fsp3) is 0.235. The molecule has 0 fully saturated rings. The first-order valence-corrected chi connectivity index (χ1v) is 6.77. The lowest BCUT2D eigenvalue weighted by atomic mass is 10.1. The fourth-order valence-electron chi connectivity index (χ4n) is 2.09. The van der Waals surface area contributed by atoms with Crippen LogP contribution in [0.2, 0.25) is 0 Å². The zero-order chi connectivity index (χ0) is 15.1. The van der Waals surface area contributed by atoms with Crippen molar-refractivity contribution in [1.82, 2.24) is 5.32 Å². The SMILES string of the molecule is COCc1cccc(C(=O)NCc2cccc(CO)c2)c1. The zero-order valence-electron chi connectivity index (χ0n) is 12.0. The van der Waals surface area contributed by atoms with Gasteiger partial charge in [-0.25, -0.2) is 0 Å². The maximum absolute atomic E-state index is 12.1. The van der Waals surface area contributed by atoms with E-state index in [1.165, 1.54) is 0 Å². The quantitative estimate of drug-likeness (QED) is 0.856. The van der Waals surface area contributed by atoms with Gasteiger partial charge in [0.2, 0.25) is 0 Å². The van der Waals surface area contributed by atoms with Gasteiger partial charge in [0, 0.05) is 19.2 Å². The maximum atomic E-state index is 12.1. The smallest absolute Gasteiger partial charge is 0.251 e. The van der Waals surface area contributed by atoms with E-state index in [2.05, 4.69) is 5.32 Å². The summed E-state index contributed by atoms with van der Waals surface area (Å²) in [6.45, 7) is 0.918. The Kier molecular flexibility index (Phi) is 5.49. The Balaban J connectivity index is 1.99. The molecule has 2 aromatic rings. The number of ether oxygens (including phenoxy) is 1. The fourth-order valence-corrected chi connectivity index (χ4v) is 2.09. The number of amides is 1. The summed E-state index contributed by atoms with van der Waals surface area (Å²) in [5.41, 5.74) is 3.38. The Morgan fingerprint density at radius 3 is 2.57 bits per heavy atom. The molecule has 2 N–H and O–H groups in total. The molecule has 4 heteroatoms. The van der Waals surface area contributed by atoms with Crippen LogP contribution in [0.1, 0.15) is 27.0 Å². The van der Waals surface area contributed by atoms with E-state index in [0.717, 1.165) is 16.7 Å². The van der Waals surface area contributed by atoms with Crippen molar-refractivity contribution in [3.63, 3.8) is 0 Å². The second kappa shape index (κ2) is 7.57. The van der Waals surface area contributed by atoms with Crippen molar-refractivity contribution < 1.29 is 14.6 Å². The standard InChI is InChI=1S/C17H19NO3/c1-21-12-15-6-3-7-16(9-15)17(20)18-10-13-4-2-5-14(8-13)11-19/h2-9,19H,10-12H2,1H3,(H,18,20). The first-order valence-electron chi connectivity index (χ1n) is 6.77. The number of aliphatic hydroxyl groups is 1. The van der Waals surface area contributed by atoms with E-state index in [1.807, 2.05) is 42.5 Å². The van der Waals surface area contributed by atoms with Gasteiger partial charge in [-0.3, -0.25) is 4.79 Å². The molecule has 0 aliphatic heterocycles. The molecule has 0 aromatic heterocycles. The Morgan fingerprint density at radius 2 is 1.81 bits per heavy atom. The van der Waals surface area contributed by atoms with Crippen LogP contribution in [-0.4, -0.2) is 18.1 Å². The molecule has 4 nitrogen and oxygen atoms in total.